The summed E-state index contributed by atoms with van der Waals surface area (Å²) in [4.78, 5) is 36.3. The van der Waals surface area contributed by atoms with Crippen LogP contribution in [-0.4, -0.2) is 34.7 Å². The van der Waals surface area contributed by atoms with Gasteiger partial charge in [-0.3, -0.25) is 19.7 Å². The second-order valence-corrected chi connectivity index (χ2v) is 6.13. The topological polar surface area (TPSA) is 106 Å². The first kappa shape index (κ1) is 17.7. The van der Waals surface area contributed by atoms with Crippen molar-refractivity contribution in [1.82, 2.24) is 4.90 Å². The van der Waals surface area contributed by atoms with Crippen LogP contribution in [0.15, 0.2) is 40.8 Å². The zero-order chi connectivity index (χ0) is 18.5. The van der Waals surface area contributed by atoms with E-state index in [0.717, 1.165) is 44.8 Å². The summed E-state index contributed by atoms with van der Waals surface area (Å²) in [6, 6.07) is 8.93. The Hall–Kier alpha value is -3.16. The second kappa shape index (κ2) is 7.81. The van der Waals surface area contributed by atoms with E-state index >= 15 is 0 Å². The van der Waals surface area contributed by atoms with Crippen molar-refractivity contribution in [2.75, 3.05) is 18.4 Å². The number of amides is 2. The van der Waals surface area contributed by atoms with E-state index in [2.05, 4.69) is 5.32 Å². The molecule has 0 aliphatic carbocycles. The zero-order valence-electron chi connectivity index (χ0n) is 14.1. The molecule has 1 fully saturated rings. The number of carbonyl (C=O) groups is 2. The molecule has 26 heavy (non-hydrogen) atoms. The largest absolute Gasteiger partial charge is 0.433 e. The van der Waals surface area contributed by atoms with Crippen LogP contribution < -0.4 is 5.32 Å². The van der Waals surface area contributed by atoms with E-state index in [-0.39, 0.29) is 11.7 Å². The van der Waals surface area contributed by atoms with E-state index in [1.165, 1.54) is 6.07 Å². The molecule has 1 saturated heterocycles. The van der Waals surface area contributed by atoms with Crippen molar-refractivity contribution in [3.63, 3.8) is 0 Å². The lowest BCUT2D eigenvalue weighted by molar-refractivity contribution is -0.402. The molecule has 8 heteroatoms. The van der Waals surface area contributed by atoms with E-state index in [1.54, 1.807) is 24.3 Å². The lowest BCUT2D eigenvalue weighted by Crippen LogP contribution is -2.31. The summed E-state index contributed by atoms with van der Waals surface area (Å²) in [6.07, 6.45) is 4.35. The third kappa shape index (κ3) is 4.08. The smallest absolute Gasteiger partial charge is 0.395 e. The van der Waals surface area contributed by atoms with E-state index in [0.29, 0.717) is 11.3 Å². The molecule has 1 aliphatic heterocycles. The van der Waals surface area contributed by atoms with E-state index in [4.69, 9.17) is 4.42 Å². The maximum absolute atomic E-state index is 12.5. The van der Waals surface area contributed by atoms with Gasteiger partial charge in [-0.05, 0) is 43.2 Å². The number of carbonyl (C=O) groups excluding carboxylic acids is 2. The maximum Gasteiger partial charge on any atom is 0.433 e. The van der Waals surface area contributed by atoms with Crippen LogP contribution in [-0.2, 0) is 0 Å². The molecule has 1 aromatic heterocycles. The Balaban J connectivity index is 1.64. The number of benzene rings is 1. The molecular weight excluding hydrogens is 338 g/mol. The Morgan fingerprint density at radius 2 is 1.65 bits per heavy atom. The van der Waals surface area contributed by atoms with Gasteiger partial charge in [-0.25, -0.2) is 0 Å². The molecule has 0 radical (unpaired) electrons. The number of anilines is 1. The van der Waals surface area contributed by atoms with Gasteiger partial charge in [0.15, 0.2) is 5.76 Å². The normalized spacial score (nSPS) is 14.5. The van der Waals surface area contributed by atoms with E-state index in [1.807, 2.05) is 4.90 Å². The average Bonchev–Trinajstić information content (AvgIpc) is 2.99. The standard InChI is InChI=1S/C18H19N3O5/c22-17(15-9-10-16(26-15)21(24)25)19-14-7-5-13(6-8-14)18(23)20-11-3-1-2-4-12-20/h5-10H,1-4,11-12H2,(H,19,22). The molecule has 3 rings (SSSR count). The third-order valence-electron chi connectivity index (χ3n) is 4.28. The Kier molecular flexibility index (Phi) is 5.31. The van der Waals surface area contributed by atoms with Crippen molar-refractivity contribution < 1.29 is 18.9 Å². The molecule has 1 N–H and O–H groups in total. The van der Waals surface area contributed by atoms with Crippen molar-refractivity contribution in [3.05, 3.63) is 57.8 Å². The van der Waals surface area contributed by atoms with Gasteiger partial charge in [0.2, 0.25) is 0 Å². The number of rotatable bonds is 4. The van der Waals surface area contributed by atoms with Gasteiger partial charge in [0.25, 0.3) is 11.8 Å². The summed E-state index contributed by atoms with van der Waals surface area (Å²) in [5.74, 6) is -1.24. The molecule has 1 aromatic carbocycles. The molecule has 2 aromatic rings. The highest BCUT2D eigenvalue weighted by Crippen LogP contribution is 2.19. The average molecular weight is 357 g/mol. The highest BCUT2D eigenvalue weighted by Gasteiger charge is 2.19. The monoisotopic (exact) mass is 357 g/mol. The van der Waals surface area contributed by atoms with Gasteiger partial charge >= 0.3 is 5.88 Å². The molecule has 2 heterocycles. The number of furan rings is 1. The lowest BCUT2D eigenvalue weighted by Gasteiger charge is -2.20. The van der Waals surface area contributed by atoms with Crippen LogP contribution in [0.5, 0.6) is 0 Å². The van der Waals surface area contributed by atoms with Crippen LogP contribution in [0.25, 0.3) is 0 Å². The van der Waals surface area contributed by atoms with Crippen molar-refractivity contribution in [1.29, 1.82) is 0 Å². The van der Waals surface area contributed by atoms with Gasteiger partial charge < -0.3 is 14.6 Å². The molecule has 136 valence electrons. The van der Waals surface area contributed by atoms with Crippen molar-refractivity contribution in [2.45, 2.75) is 25.7 Å². The summed E-state index contributed by atoms with van der Waals surface area (Å²) >= 11 is 0. The number of nitro groups is 1. The van der Waals surface area contributed by atoms with Crippen molar-refractivity contribution in [2.24, 2.45) is 0 Å². The van der Waals surface area contributed by atoms with Crippen LogP contribution in [0.2, 0.25) is 0 Å². The van der Waals surface area contributed by atoms with Gasteiger partial charge in [-0.2, -0.15) is 0 Å². The van der Waals surface area contributed by atoms with Crippen LogP contribution in [0.3, 0.4) is 0 Å². The minimum absolute atomic E-state index is 0.00793. The summed E-state index contributed by atoms with van der Waals surface area (Å²) in [7, 11) is 0. The molecule has 2 amide bonds. The van der Waals surface area contributed by atoms with Crippen LogP contribution in [0.1, 0.15) is 46.6 Å². The van der Waals surface area contributed by atoms with Gasteiger partial charge in [0.1, 0.15) is 4.92 Å². The maximum atomic E-state index is 12.5. The van der Waals surface area contributed by atoms with Crippen LogP contribution >= 0.6 is 0 Å². The van der Waals surface area contributed by atoms with Gasteiger partial charge in [-0.1, -0.05) is 12.8 Å². The van der Waals surface area contributed by atoms with Gasteiger partial charge in [-0.15, -0.1) is 0 Å². The highest BCUT2D eigenvalue weighted by atomic mass is 16.6. The fourth-order valence-corrected chi connectivity index (χ4v) is 2.89. The van der Waals surface area contributed by atoms with Crippen molar-refractivity contribution >= 4 is 23.4 Å². The molecule has 0 atom stereocenters. The first-order chi connectivity index (χ1) is 12.5. The molecule has 0 bridgehead atoms. The third-order valence-corrected chi connectivity index (χ3v) is 4.28. The molecule has 0 saturated carbocycles. The van der Waals surface area contributed by atoms with Crippen LogP contribution in [0, 0.1) is 10.1 Å². The Morgan fingerprint density at radius 1 is 1.00 bits per heavy atom. The van der Waals surface area contributed by atoms with E-state index in [9.17, 15) is 19.7 Å². The minimum Gasteiger partial charge on any atom is -0.395 e. The van der Waals surface area contributed by atoms with Crippen molar-refractivity contribution in [3.8, 4) is 0 Å². The summed E-state index contributed by atoms with van der Waals surface area (Å²) in [6.45, 7) is 1.54. The van der Waals surface area contributed by atoms with Gasteiger partial charge in [0.05, 0.1) is 6.07 Å². The molecule has 8 nitrogen and oxygen atoms in total. The predicted octanol–water partition coefficient (Wildman–Crippen LogP) is 3.46. The number of hydrogen-bond acceptors (Lipinski definition) is 5. The fraction of sp³-hybridized carbons (Fsp3) is 0.333. The first-order valence-corrected chi connectivity index (χ1v) is 8.49. The molecule has 0 unspecified atom stereocenters. The number of nitrogens with zero attached hydrogens (tertiary/aromatic N) is 2. The Labute approximate surface area is 149 Å². The van der Waals surface area contributed by atoms with Crippen LogP contribution in [0.4, 0.5) is 11.6 Å². The molecule has 1 aliphatic rings. The fourth-order valence-electron chi connectivity index (χ4n) is 2.89. The number of nitrogens with one attached hydrogen (secondary N) is 1. The SMILES string of the molecule is O=C(Nc1ccc(C(=O)N2CCCCCC2)cc1)c1ccc([N+](=O)[O-])o1. The molecule has 0 spiro atoms. The Bertz CT molecular complexity index is 804. The quantitative estimate of drug-likeness (QED) is 0.666. The zero-order valence-corrected chi connectivity index (χ0v) is 14.1. The lowest BCUT2D eigenvalue weighted by atomic mass is 10.1. The summed E-state index contributed by atoms with van der Waals surface area (Å²) < 4.78 is 4.86. The number of hydrogen-bond donors (Lipinski definition) is 1. The second-order valence-electron chi connectivity index (χ2n) is 6.13. The Morgan fingerprint density at radius 3 is 2.23 bits per heavy atom. The highest BCUT2D eigenvalue weighted by molar-refractivity contribution is 6.02. The predicted molar refractivity (Wildman–Crippen MR) is 94.1 cm³/mol. The van der Waals surface area contributed by atoms with E-state index < -0.39 is 16.7 Å². The summed E-state index contributed by atoms with van der Waals surface area (Å²) in [5.41, 5.74) is 1.04. The number of likely N-dealkylation sites (tertiary alicyclic amines) is 1. The first-order valence-electron chi connectivity index (χ1n) is 8.49. The summed E-state index contributed by atoms with van der Waals surface area (Å²) in [5, 5.41) is 13.2. The molecular formula is C18H19N3O5. The van der Waals surface area contributed by atoms with Gasteiger partial charge in [0, 0.05) is 24.3 Å². The minimum atomic E-state index is -0.708.